The second kappa shape index (κ2) is 4.71. The van der Waals surface area contributed by atoms with Crippen molar-refractivity contribution < 1.29 is 17.9 Å². The van der Waals surface area contributed by atoms with Crippen LogP contribution in [0.1, 0.15) is 19.3 Å². The minimum atomic E-state index is -2.97. The number of carbonyl (C=O) groups excluding carboxylic acids is 1. The van der Waals surface area contributed by atoms with E-state index < -0.39 is 9.84 Å². The highest BCUT2D eigenvalue weighted by atomic mass is 32.2. The van der Waals surface area contributed by atoms with E-state index in [0.717, 1.165) is 19.4 Å². The summed E-state index contributed by atoms with van der Waals surface area (Å²) in [5.74, 6) is -0.349. The zero-order chi connectivity index (χ0) is 11.6. The van der Waals surface area contributed by atoms with E-state index >= 15 is 0 Å². The molecular weight excluding hydrogens is 230 g/mol. The fraction of sp³-hybridized carbons (Fsp3) is 0.900. The molecule has 2 fully saturated rings. The molecule has 0 aromatic heterocycles. The molecule has 16 heavy (non-hydrogen) atoms. The Morgan fingerprint density at radius 1 is 1.38 bits per heavy atom. The summed E-state index contributed by atoms with van der Waals surface area (Å²) in [6, 6.07) is 0. The molecule has 1 amide bonds. The minimum Gasteiger partial charge on any atom is -0.376 e. The molecule has 2 rings (SSSR count). The normalized spacial score (nSPS) is 32.8. The second-order valence-corrected chi connectivity index (χ2v) is 6.71. The Kier molecular flexibility index (Phi) is 3.49. The van der Waals surface area contributed by atoms with E-state index in [2.05, 4.69) is 5.32 Å². The van der Waals surface area contributed by atoms with Gasteiger partial charge < -0.3 is 10.1 Å². The van der Waals surface area contributed by atoms with E-state index in [9.17, 15) is 13.2 Å². The Morgan fingerprint density at radius 3 is 2.75 bits per heavy atom. The van der Waals surface area contributed by atoms with Gasteiger partial charge in [-0.15, -0.1) is 0 Å². The molecule has 2 atom stereocenters. The van der Waals surface area contributed by atoms with Crippen LogP contribution in [0.5, 0.6) is 0 Å². The van der Waals surface area contributed by atoms with Crippen LogP contribution in [-0.4, -0.2) is 45.1 Å². The second-order valence-electron chi connectivity index (χ2n) is 4.48. The molecule has 2 heterocycles. The lowest BCUT2D eigenvalue weighted by molar-refractivity contribution is -0.124. The van der Waals surface area contributed by atoms with Gasteiger partial charge in [-0.3, -0.25) is 4.79 Å². The molecule has 0 aromatic carbocycles. The molecule has 2 aliphatic rings. The van der Waals surface area contributed by atoms with Gasteiger partial charge in [0.25, 0.3) is 0 Å². The first-order valence-electron chi connectivity index (χ1n) is 5.66. The van der Waals surface area contributed by atoms with Crippen LogP contribution in [0.2, 0.25) is 0 Å². The molecule has 2 saturated heterocycles. The molecule has 0 saturated carbocycles. The van der Waals surface area contributed by atoms with E-state index in [0.29, 0.717) is 13.0 Å². The molecule has 2 aliphatic heterocycles. The maximum Gasteiger partial charge on any atom is 0.224 e. The Labute approximate surface area is 95.5 Å². The third-order valence-electron chi connectivity index (χ3n) is 3.13. The quantitative estimate of drug-likeness (QED) is 0.744. The van der Waals surface area contributed by atoms with Gasteiger partial charge in [0.05, 0.1) is 23.5 Å². The summed E-state index contributed by atoms with van der Waals surface area (Å²) in [4.78, 5) is 11.7. The molecule has 92 valence electrons. The molecule has 5 nitrogen and oxygen atoms in total. The predicted molar refractivity (Wildman–Crippen MR) is 58.7 cm³/mol. The SMILES string of the molecule is O=C(NC[C@@H]1CCCO1)[C@@H]1CCS(=O)(=O)C1. The van der Waals surface area contributed by atoms with Gasteiger partial charge in [0.2, 0.25) is 5.91 Å². The van der Waals surface area contributed by atoms with Gasteiger partial charge in [0, 0.05) is 13.2 Å². The minimum absolute atomic E-state index is 0.00432. The zero-order valence-corrected chi connectivity index (χ0v) is 9.96. The first-order chi connectivity index (χ1) is 7.57. The molecule has 0 bridgehead atoms. The van der Waals surface area contributed by atoms with Crippen LogP contribution in [0.4, 0.5) is 0 Å². The molecule has 0 spiro atoms. The van der Waals surface area contributed by atoms with Crippen molar-refractivity contribution in [2.45, 2.75) is 25.4 Å². The van der Waals surface area contributed by atoms with Crippen molar-refractivity contribution in [1.29, 1.82) is 0 Å². The molecule has 1 N–H and O–H groups in total. The zero-order valence-electron chi connectivity index (χ0n) is 9.15. The average Bonchev–Trinajstić information content (AvgIpc) is 2.83. The lowest BCUT2D eigenvalue weighted by Crippen LogP contribution is -2.36. The van der Waals surface area contributed by atoms with Crippen LogP contribution in [-0.2, 0) is 19.4 Å². The van der Waals surface area contributed by atoms with Crippen LogP contribution in [0.25, 0.3) is 0 Å². The summed E-state index contributed by atoms with van der Waals surface area (Å²) >= 11 is 0. The fourth-order valence-electron chi connectivity index (χ4n) is 2.17. The summed E-state index contributed by atoms with van der Waals surface area (Å²) in [5.41, 5.74) is 0. The van der Waals surface area contributed by atoms with Crippen LogP contribution in [0.3, 0.4) is 0 Å². The Bertz CT molecular complexity index is 359. The van der Waals surface area contributed by atoms with Crippen LogP contribution < -0.4 is 5.32 Å². The van der Waals surface area contributed by atoms with Crippen molar-refractivity contribution >= 4 is 15.7 Å². The molecule has 6 heteroatoms. The topological polar surface area (TPSA) is 72.5 Å². The molecule has 0 radical (unpaired) electrons. The number of ether oxygens (including phenoxy) is 1. The lowest BCUT2D eigenvalue weighted by Gasteiger charge is -2.13. The predicted octanol–water partition coefficient (Wildman–Crippen LogP) is -0.284. The van der Waals surface area contributed by atoms with Gasteiger partial charge in [-0.25, -0.2) is 8.42 Å². The van der Waals surface area contributed by atoms with Gasteiger partial charge in [-0.1, -0.05) is 0 Å². The number of hydrogen-bond donors (Lipinski definition) is 1. The Morgan fingerprint density at radius 2 is 2.19 bits per heavy atom. The van der Waals surface area contributed by atoms with Gasteiger partial charge in [-0.2, -0.15) is 0 Å². The molecular formula is C10H17NO4S. The van der Waals surface area contributed by atoms with Gasteiger partial charge in [0.1, 0.15) is 0 Å². The van der Waals surface area contributed by atoms with Crippen molar-refractivity contribution in [3.63, 3.8) is 0 Å². The van der Waals surface area contributed by atoms with Gasteiger partial charge in [0.15, 0.2) is 9.84 Å². The van der Waals surface area contributed by atoms with Crippen molar-refractivity contribution in [2.24, 2.45) is 5.92 Å². The van der Waals surface area contributed by atoms with E-state index in [1.807, 2.05) is 0 Å². The summed E-state index contributed by atoms with van der Waals surface area (Å²) in [7, 11) is -2.97. The molecule has 0 aromatic rings. The first kappa shape index (κ1) is 11.9. The highest BCUT2D eigenvalue weighted by Gasteiger charge is 2.33. The molecule has 0 unspecified atom stereocenters. The number of carbonyl (C=O) groups is 1. The van der Waals surface area contributed by atoms with Gasteiger partial charge in [-0.05, 0) is 19.3 Å². The van der Waals surface area contributed by atoms with Crippen molar-refractivity contribution in [2.75, 3.05) is 24.7 Å². The van der Waals surface area contributed by atoms with Crippen molar-refractivity contribution in [3.8, 4) is 0 Å². The highest BCUT2D eigenvalue weighted by Crippen LogP contribution is 2.18. The maximum atomic E-state index is 11.7. The fourth-order valence-corrected chi connectivity index (χ4v) is 3.91. The summed E-state index contributed by atoms with van der Waals surface area (Å²) in [6.07, 6.45) is 2.59. The summed E-state index contributed by atoms with van der Waals surface area (Å²) in [6.45, 7) is 1.27. The monoisotopic (exact) mass is 247 g/mol. The van der Waals surface area contributed by atoms with Crippen molar-refractivity contribution in [3.05, 3.63) is 0 Å². The number of sulfone groups is 1. The van der Waals surface area contributed by atoms with Crippen LogP contribution in [0.15, 0.2) is 0 Å². The number of amides is 1. The summed E-state index contributed by atoms with van der Waals surface area (Å²) in [5, 5.41) is 2.78. The Hall–Kier alpha value is -0.620. The smallest absolute Gasteiger partial charge is 0.224 e. The van der Waals surface area contributed by atoms with Crippen LogP contribution >= 0.6 is 0 Å². The molecule has 0 aliphatic carbocycles. The lowest BCUT2D eigenvalue weighted by atomic mass is 10.1. The highest BCUT2D eigenvalue weighted by molar-refractivity contribution is 7.91. The Balaban J connectivity index is 1.76. The van der Waals surface area contributed by atoms with Gasteiger partial charge >= 0.3 is 0 Å². The third-order valence-corrected chi connectivity index (χ3v) is 4.90. The van der Waals surface area contributed by atoms with Crippen LogP contribution in [0, 0.1) is 5.92 Å². The number of rotatable bonds is 3. The largest absolute Gasteiger partial charge is 0.376 e. The van der Waals surface area contributed by atoms with E-state index in [1.165, 1.54) is 0 Å². The van der Waals surface area contributed by atoms with E-state index in [1.54, 1.807) is 0 Å². The first-order valence-corrected chi connectivity index (χ1v) is 7.49. The van der Waals surface area contributed by atoms with Crippen molar-refractivity contribution in [1.82, 2.24) is 5.32 Å². The maximum absolute atomic E-state index is 11.7. The van der Waals surface area contributed by atoms with E-state index in [4.69, 9.17) is 4.74 Å². The number of hydrogen-bond acceptors (Lipinski definition) is 4. The third kappa shape index (κ3) is 2.95. The van der Waals surface area contributed by atoms with E-state index in [-0.39, 0.29) is 29.4 Å². The average molecular weight is 247 g/mol. The number of nitrogens with one attached hydrogen (secondary N) is 1. The standard InChI is InChI=1S/C10H17NO4S/c12-10(8-3-5-16(13,14)7-8)11-6-9-2-1-4-15-9/h8-9H,1-7H2,(H,11,12)/t8-,9+/m1/s1. The summed E-state index contributed by atoms with van der Waals surface area (Å²) < 4.78 is 27.8.